The highest BCUT2D eigenvalue weighted by Gasteiger charge is 2.29. The summed E-state index contributed by atoms with van der Waals surface area (Å²) < 4.78 is 24.1. The maximum absolute atomic E-state index is 13.8. The van der Waals surface area contributed by atoms with Crippen molar-refractivity contribution in [3.05, 3.63) is 76.5 Å². The molecule has 220 valence electrons. The van der Waals surface area contributed by atoms with Crippen molar-refractivity contribution in [1.29, 1.82) is 5.26 Å². The number of anilines is 3. The quantitative estimate of drug-likeness (QED) is 0.447. The molecule has 2 saturated heterocycles. The predicted octanol–water partition coefficient (Wildman–Crippen LogP) is 3.57. The second kappa shape index (κ2) is 12.0. The molecule has 42 heavy (non-hydrogen) atoms. The Morgan fingerprint density at radius 1 is 0.952 bits per heavy atom. The molecule has 3 heterocycles. The second-order valence-electron chi connectivity index (χ2n) is 11.1. The molecule has 3 N–H and O–H groups in total. The SMILES string of the molecule is Cc1cc(C)c(C(=O)N2CCN(c3cccnc3S(N)(=O)=O)CC2)c(C)c1NC1CCN(c2ccccc2C#N)CC1. The number of carbonyl (C=O) groups excluding carboxylic acids is 1. The first-order valence-electron chi connectivity index (χ1n) is 14.2. The third-order valence-electron chi connectivity index (χ3n) is 8.32. The van der Waals surface area contributed by atoms with Gasteiger partial charge in [-0.25, -0.2) is 18.5 Å². The number of nitrogens with two attached hydrogens (primary N) is 1. The molecule has 5 rings (SSSR count). The van der Waals surface area contributed by atoms with Gasteiger partial charge >= 0.3 is 0 Å². The zero-order chi connectivity index (χ0) is 30.0. The van der Waals surface area contributed by atoms with Gasteiger partial charge < -0.3 is 20.0 Å². The van der Waals surface area contributed by atoms with Gasteiger partial charge in [0.1, 0.15) is 6.07 Å². The highest BCUT2D eigenvalue weighted by Crippen LogP contribution is 2.32. The molecule has 0 saturated carbocycles. The minimum Gasteiger partial charge on any atom is -0.382 e. The van der Waals surface area contributed by atoms with E-state index in [4.69, 9.17) is 5.14 Å². The molecule has 1 aromatic heterocycles. The number of nitrogens with zero attached hydrogens (tertiary/aromatic N) is 5. The number of aryl methyl sites for hydroxylation is 2. The molecule has 3 aromatic rings. The monoisotopic (exact) mass is 587 g/mol. The summed E-state index contributed by atoms with van der Waals surface area (Å²) in [4.78, 5) is 23.9. The van der Waals surface area contributed by atoms with Crippen LogP contribution in [-0.4, -0.2) is 69.5 Å². The van der Waals surface area contributed by atoms with Crippen molar-refractivity contribution in [2.75, 3.05) is 54.4 Å². The van der Waals surface area contributed by atoms with Crippen molar-refractivity contribution in [3.63, 3.8) is 0 Å². The molecule has 0 unspecified atom stereocenters. The summed E-state index contributed by atoms with van der Waals surface area (Å²) in [6.45, 7) is 9.62. The van der Waals surface area contributed by atoms with Gasteiger partial charge in [-0.15, -0.1) is 0 Å². The summed E-state index contributed by atoms with van der Waals surface area (Å²) in [7, 11) is -3.96. The van der Waals surface area contributed by atoms with E-state index < -0.39 is 10.0 Å². The number of aromatic nitrogens is 1. The lowest BCUT2D eigenvalue weighted by Crippen LogP contribution is -2.49. The smallest absolute Gasteiger partial charge is 0.257 e. The number of sulfonamides is 1. The summed E-state index contributed by atoms with van der Waals surface area (Å²) in [5, 5.41) is 18.5. The fourth-order valence-corrected chi connectivity index (χ4v) is 6.90. The molecule has 2 aliphatic heterocycles. The van der Waals surface area contributed by atoms with E-state index in [1.807, 2.05) is 47.9 Å². The zero-order valence-corrected chi connectivity index (χ0v) is 25.1. The number of piperazine rings is 1. The Morgan fingerprint density at radius 2 is 1.60 bits per heavy atom. The maximum Gasteiger partial charge on any atom is 0.257 e. The Morgan fingerprint density at radius 3 is 2.26 bits per heavy atom. The van der Waals surface area contributed by atoms with Gasteiger partial charge in [0.25, 0.3) is 15.9 Å². The van der Waals surface area contributed by atoms with Crippen LogP contribution in [-0.2, 0) is 10.0 Å². The predicted molar refractivity (Wildman–Crippen MR) is 164 cm³/mol. The first-order valence-corrected chi connectivity index (χ1v) is 15.8. The number of primary sulfonamides is 1. The number of piperidine rings is 1. The van der Waals surface area contributed by atoms with Crippen LogP contribution in [0, 0.1) is 32.1 Å². The summed E-state index contributed by atoms with van der Waals surface area (Å²) in [5.41, 5.74) is 6.85. The van der Waals surface area contributed by atoms with Crippen LogP contribution in [0.4, 0.5) is 17.1 Å². The van der Waals surface area contributed by atoms with Gasteiger partial charge in [0.15, 0.2) is 5.03 Å². The van der Waals surface area contributed by atoms with E-state index in [0.29, 0.717) is 43.0 Å². The molecule has 0 aliphatic carbocycles. The van der Waals surface area contributed by atoms with Gasteiger partial charge in [-0.3, -0.25) is 4.79 Å². The first-order chi connectivity index (χ1) is 20.1. The van der Waals surface area contributed by atoms with Gasteiger partial charge in [0.2, 0.25) is 0 Å². The number of hydrogen-bond acceptors (Lipinski definition) is 8. The average molecular weight is 588 g/mol. The van der Waals surface area contributed by atoms with E-state index in [9.17, 15) is 18.5 Å². The van der Waals surface area contributed by atoms with Gasteiger partial charge in [0.05, 0.1) is 16.9 Å². The average Bonchev–Trinajstić information content (AvgIpc) is 2.99. The molecule has 1 amide bonds. The Balaban J connectivity index is 1.28. The van der Waals surface area contributed by atoms with E-state index in [0.717, 1.165) is 54.0 Å². The number of hydrogen-bond donors (Lipinski definition) is 2. The van der Waals surface area contributed by atoms with Gasteiger partial charge in [-0.1, -0.05) is 18.2 Å². The largest absolute Gasteiger partial charge is 0.382 e. The van der Waals surface area contributed by atoms with Gasteiger partial charge in [0, 0.05) is 62.8 Å². The van der Waals surface area contributed by atoms with Crippen molar-refractivity contribution in [1.82, 2.24) is 9.88 Å². The second-order valence-corrected chi connectivity index (χ2v) is 12.5. The minimum atomic E-state index is -3.96. The number of carbonyl (C=O) groups is 1. The Hall–Kier alpha value is -4.14. The summed E-state index contributed by atoms with van der Waals surface area (Å²) in [6, 6.07) is 15.7. The van der Waals surface area contributed by atoms with Crippen LogP contribution in [0.5, 0.6) is 0 Å². The lowest BCUT2D eigenvalue weighted by atomic mass is 9.94. The van der Waals surface area contributed by atoms with Crippen molar-refractivity contribution in [2.45, 2.75) is 44.7 Å². The van der Waals surface area contributed by atoms with Crippen LogP contribution in [0.1, 0.15) is 45.5 Å². The maximum atomic E-state index is 13.8. The molecular formula is C31H37N7O3S. The molecule has 0 atom stereocenters. The molecule has 2 aliphatic rings. The summed E-state index contributed by atoms with van der Waals surface area (Å²) in [6.07, 6.45) is 3.26. The minimum absolute atomic E-state index is 0.0199. The molecule has 10 nitrogen and oxygen atoms in total. The standard InChI is InChI=1S/C31H37N7O3S/c1-21-19-22(2)29(35-25-10-13-36(14-11-25)26-8-5-4-7-24(26)20-32)23(3)28(21)31(39)38-17-15-37(16-18-38)27-9-6-12-34-30(27)42(33,40)41/h4-9,12,19,25,35H,10-11,13-18H2,1-3H3,(H2,33,40,41). The first kappa shape index (κ1) is 29.4. The fraction of sp³-hybridized carbons (Fsp3) is 0.387. The van der Waals surface area contributed by atoms with E-state index in [1.54, 1.807) is 12.1 Å². The number of rotatable bonds is 6. The molecule has 0 spiro atoms. The van der Waals surface area contributed by atoms with Gasteiger partial charge in [-0.05, 0) is 74.6 Å². The lowest BCUT2D eigenvalue weighted by molar-refractivity contribution is 0.0745. The number of amides is 1. The van der Waals surface area contributed by atoms with Crippen LogP contribution in [0.15, 0.2) is 53.7 Å². The van der Waals surface area contributed by atoms with Crippen molar-refractivity contribution in [2.24, 2.45) is 5.14 Å². The molecule has 2 fully saturated rings. The van der Waals surface area contributed by atoms with Crippen molar-refractivity contribution in [3.8, 4) is 6.07 Å². The number of para-hydroxylation sites is 1. The molecule has 2 aromatic carbocycles. The van der Waals surface area contributed by atoms with E-state index >= 15 is 0 Å². The molecule has 0 radical (unpaired) electrons. The van der Waals surface area contributed by atoms with Crippen molar-refractivity contribution < 1.29 is 13.2 Å². The summed E-state index contributed by atoms with van der Waals surface area (Å²) >= 11 is 0. The Labute approximate surface area is 247 Å². The Bertz CT molecular complexity index is 1630. The van der Waals surface area contributed by atoms with Crippen molar-refractivity contribution >= 4 is 33.0 Å². The van der Waals surface area contributed by atoms with Gasteiger partial charge in [-0.2, -0.15) is 5.26 Å². The van der Waals surface area contributed by atoms with Crippen LogP contribution < -0.4 is 20.3 Å². The third-order valence-corrected chi connectivity index (χ3v) is 9.18. The topological polar surface area (TPSA) is 136 Å². The zero-order valence-electron chi connectivity index (χ0n) is 24.3. The normalized spacial score (nSPS) is 16.3. The van der Waals surface area contributed by atoms with E-state index in [-0.39, 0.29) is 17.0 Å². The van der Waals surface area contributed by atoms with Crippen LogP contribution in [0.25, 0.3) is 0 Å². The number of nitrogens with one attached hydrogen (secondary N) is 1. The molecule has 0 bridgehead atoms. The Kier molecular flexibility index (Phi) is 8.38. The lowest BCUT2D eigenvalue weighted by Gasteiger charge is -2.37. The van der Waals surface area contributed by atoms with E-state index in [2.05, 4.69) is 34.3 Å². The van der Waals surface area contributed by atoms with Crippen LogP contribution in [0.2, 0.25) is 0 Å². The molecule has 11 heteroatoms. The number of nitriles is 1. The highest BCUT2D eigenvalue weighted by molar-refractivity contribution is 7.89. The third kappa shape index (κ3) is 5.91. The molecular weight excluding hydrogens is 550 g/mol. The van der Waals surface area contributed by atoms with Crippen LogP contribution >= 0.6 is 0 Å². The number of benzene rings is 2. The highest BCUT2D eigenvalue weighted by atomic mass is 32.2. The van der Waals surface area contributed by atoms with Crippen LogP contribution in [0.3, 0.4) is 0 Å². The summed E-state index contributed by atoms with van der Waals surface area (Å²) in [5.74, 6) is -0.0199. The fourth-order valence-electron chi connectivity index (χ4n) is 6.20. The number of pyridine rings is 1. The van der Waals surface area contributed by atoms with E-state index in [1.165, 1.54) is 6.20 Å².